The van der Waals surface area contributed by atoms with Crippen LogP contribution in [0.15, 0.2) is 12.4 Å². The molecule has 0 fully saturated rings. The number of urea groups is 1. The van der Waals surface area contributed by atoms with Crippen molar-refractivity contribution in [2.45, 2.75) is 6.42 Å². The number of aromatic nitrogens is 2. The first-order chi connectivity index (χ1) is 7.63. The molecule has 0 aliphatic rings. The second-order valence-corrected chi connectivity index (χ2v) is 3.41. The molecule has 1 aromatic rings. The number of imidazole rings is 1. The molecule has 0 unspecified atom stereocenters. The van der Waals surface area contributed by atoms with Gasteiger partial charge in [0.15, 0.2) is 0 Å². The molecule has 0 saturated carbocycles. The van der Waals surface area contributed by atoms with Crippen LogP contribution in [-0.2, 0) is 18.3 Å². The Kier molecular flexibility index (Phi) is 4.78. The van der Waals surface area contributed by atoms with E-state index in [-0.39, 0.29) is 5.88 Å². The second-order valence-electron chi connectivity index (χ2n) is 3.14. The largest absolute Gasteiger partial charge is 0.338 e. The average molecular weight is 245 g/mol. The second kappa shape index (κ2) is 6.12. The maximum atomic E-state index is 11.1. The first-order valence-electron chi connectivity index (χ1n) is 4.73. The molecule has 0 aliphatic heterocycles. The number of nitrogens with one attached hydrogen (secondary N) is 2. The molecule has 6 nitrogen and oxygen atoms in total. The van der Waals surface area contributed by atoms with Gasteiger partial charge in [-0.2, -0.15) is 0 Å². The number of aryl methyl sites for hydroxylation is 1. The van der Waals surface area contributed by atoms with Gasteiger partial charge in [-0.15, -0.1) is 11.6 Å². The van der Waals surface area contributed by atoms with Crippen LogP contribution in [0.25, 0.3) is 0 Å². The summed E-state index contributed by atoms with van der Waals surface area (Å²) < 4.78 is 1.86. The molecule has 0 aliphatic carbocycles. The maximum absolute atomic E-state index is 11.1. The lowest BCUT2D eigenvalue weighted by Gasteiger charge is -2.05. The summed E-state index contributed by atoms with van der Waals surface area (Å²) in [6, 6.07) is -0.542. The quantitative estimate of drug-likeness (QED) is 0.734. The van der Waals surface area contributed by atoms with Crippen molar-refractivity contribution in [2.75, 3.05) is 12.4 Å². The van der Waals surface area contributed by atoms with Crippen LogP contribution in [0.1, 0.15) is 5.82 Å². The average Bonchev–Trinajstić information content (AvgIpc) is 2.64. The van der Waals surface area contributed by atoms with Crippen LogP contribution in [0, 0.1) is 0 Å². The smallest absolute Gasteiger partial charge is 0.321 e. The zero-order valence-electron chi connectivity index (χ0n) is 8.86. The van der Waals surface area contributed by atoms with Crippen molar-refractivity contribution < 1.29 is 9.59 Å². The van der Waals surface area contributed by atoms with E-state index in [0.29, 0.717) is 13.0 Å². The van der Waals surface area contributed by atoms with Gasteiger partial charge in [0.2, 0.25) is 5.91 Å². The summed E-state index contributed by atoms with van der Waals surface area (Å²) in [6.45, 7) is 0.409. The minimum atomic E-state index is -0.542. The first-order valence-corrected chi connectivity index (χ1v) is 5.26. The Morgan fingerprint density at radius 2 is 2.31 bits per heavy atom. The number of carbonyl (C=O) groups is 2. The minimum absolute atomic E-state index is 0.229. The summed E-state index contributed by atoms with van der Waals surface area (Å²) >= 11 is 5.23. The number of amides is 3. The molecule has 2 N–H and O–H groups in total. The van der Waals surface area contributed by atoms with E-state index in [2.05, 4.69) is 15.6 Å². The van der Waals surface area contributed by atoms with Crippen molar-refractivity contribution in [2.24, 2.45) is 7.05 Å². The Bertz CT molecular complexity index is 377. The predicted octanol–water partition coefficient (Wildman–Crippen LogP) is 0.0272. The molecule has 7 heteroatoms. The van der Waals surface area contributed by atoms with Gasteiger partial charge in [0.1, 0.15) is 11.7 Å². The molecule has 88 valence electrons. The number of imide groups is 1. The number of nitrogens with zero attached hydrogens (tertiary/aromatic N) is 2. The van der Waals surface area contributed by atoms with E-state index in [1.807, 2.05) is 17.8 Å². The molecule has 0 aromatic carbocycles. The minimum Gasteiger partial charge on any atom is -0.338 e. The Morgan fingerprint density at radius 1 is 1.56 bits per heavy atom. The van der Waals surface area contributed by atoms with Crippen molar-refractivity contribution >= 4 is 23.5 Å². The maximum Gasteiger partial charge on any atom is 0.321 e. The Morgan fingerprint density at radius 3 is 2.88 bits per heavy atom. The lowest BCUT2D eigenvalue weighted by atomic mass is 10.4. The highest BCUT2D eigenvalue weighted by atomic mass is 35.5. The van der Waals surface area contributed by atoms with Crippen LogP contribution in [0.4, 0.5) is 4.79 Å². The highest BCUT2D eigenvalue weighted by Crippen LogP contribution is 1.93. The molecule has 0 saturated heterocycles. The topological polar surface area (TPSA) is 76.0 Å². The Hall–Kier alpha value is -1.56. The highest BCUT2D eigenvalue weighted by molar-refractivity contribution is 6.28. The number of carbonyl (C=O) groups excluding carboxylic acids is 2. The van der Waals surface area contributed by atoms with E-state index in [4.69, 9.17) is 11.6 Å². The summed E-state index contributed by atoms with van der Waals surface area (Å²) in [6.07, 6.45) is 4.12. The normalized spacial score (nSPS) is 9.88. The zero-order valence-corrected chi connectivity index (χ0v) is 9.62. The van der Waals surface area contributed by atoms with Gasteiger partial charge in [-0.25, -0.2) is 9.78 Å². The lowest BCUT2D eigenvalue weighted by Crippen LogP contribution is -2.40. The summed E-state index contributed by atoms with van der Waals surface area (Å²) in [7, 11) is 1.87. The molecular formula is C9H13ClN4O2. The fourth-order valence-electron chi connectivity index (χ4n) is 1.13. The van der Waals surface area contributed by atoms with Gasteiger partial charge < -0.3 is 9.88 Å². The third-order valence-corrected chi connectivity index (χ3v) is 2.17. The predicted molar refractivity (Wildman–Crippen MR) is 59.2 cm³/mol. The standard InChI is InChI=1S/C9H13ClN4O2/c1-14-5-4-11-7(14)2-3-12-9(16)13-8(15)6-10/h4-5H,2-3,6H2,1H3,(H2,12,13,15,16). The molecule has 1 aromatic heterocycles. The van der Waals surface area contributed by atoms with Crippen LogP contribution in [0.2, 0.25) is 0 Å². The van der Waals surface area contributed by atoms with Gasteiger partial charge >= 0.3 is 6.03 Å². The third kappa shape index (κ3) is 3.90. The molecule has 0 spiro atoms. The summed E-state index contributed by atoms with van der Waals surface area (Å²) in [5, 5.41) is 4.61. The number of halogens is 1. The summed E-state index contributed by atoms with van der Waals surface area (Å²) in [5.74, 6) is 0.118. The summed E-state index contributed by atoms with van der Waals surface area (Å²) in [4.78, 5) is 25.9. The molecule has 1 heterocycles. The molecule has 0 atom stereocenters. The van der Waals surface area contributed by atoms with E-state index < -0.39 is 11.9 Å². The molecular weight excluding hydrogens is 232 g/mol. The molecule has 1 rings (SSSR count). The van der Waals surface area contributed by atoms with E-state index in [1.54, 1.807) is 6.20 Å². The van der Waals surface area contributed by atoms with E-state index in [0.717, 1.165) is 5.82 Å². The molecule has 0 bridgehead atoms. The van der Waals surface area contributed by atoms with Gasteiger partial charge in [-0.05, 0) is 0 Å². The zero-order chi connectivity index (χ0) is 12.0. The number of rotatable bonds is 4. The van der Waals surface area contributed by atoms with Crippen LogP contribution in [0.5, 0.6) is 0 Å². The molecule has 0 radical (unpaired) electrons. The van der Waals surface area contributed by atoms with Gasteiger partial charge in [0, 0.05) is 32.4 Å². The van der Waals surface area contributed by atoms with Crippen LogP contribution in [0.3, 0.4) is 0 Å². The third-order valence-electron chi connectivity index (χ3n) is 1.93. The SMILES string of the molecule is Cn1ccnc1CCNC(=O)NC(=O)CCl. The molecule has 16 heavy (non-hydrogen) atoms. The Balaban J connectivity index is 2.23. The number of hydrogen-bond acceptors (Lipinski definition) is 3. The monoisotopic (exact) mass is 244 g/mol. The van der Waals surface area contributed by atoms with Gasteiger partial charge in [0.25, 0.3) is 0 Å². The first kappa shape index (κ1) is 12.5. The van der Waals surface area contributed by atoms with Crippen molar-refractivity contribution in [1.29, 1.82) is 0 Å². The summed E-state index contributed by atoms with van der Waals surface area (Å²) in [5.41, 5.74) is 0. The fraction of sp³-hybridized carbons (Fsp3) is 0.444. The van der Waals surface area contributed by atoms with Crippen LogP contribution < -0.4 is 10.6 Å². The number of alkyl halides is 1. The van der Waals surface area contributed by atoms with E-state index >= 15 is 0 Å². The number of hydrogen-bond donors (Lipinski definition) is 2. The fourth-order valence-corrected chi connectivity index (χ4v) is 1.20. The highest BCUT2D eigenvalue weighted by Gasteiger charge is 2.05. The molecule has 3 amide bonds. The van der Waals surface area contributed by atoms with Crippen molar-refractivity contribution in [1.82, 2.24) is 20.2 Å². The Labute approximate surface area is 98.0 Å². The van der Waals surface area contributed by atoms with Gasteiger partial charge in [0.05, 0.1) is 0 Å². The van der Waals surface area contributed by atoms with Crippen molar-refractivity contribution in [3.8, 4) is 0 Å². The van der Waals surface area contributed by atoms with Gasteiger partial charge in [-0.3, -0.25) is 10.1 Å². The van der Waals surface area contributed by atoms with Crippen LogP contribution in [-0.4, -0.2) is 33.9 Å². The van der Waals surface area contributed by atoms with E-state index in [9.17, 15) is 9.59 Å². The van der Waals surface area contributed by atoms with E-state index in [1.165, 1.54) is 0 Å². The van der Waals surface area contributed by atoms with Crippen molar-refractivity contribution in [3.05, 3.63) is 18.2 Å². The van der Waals surface area contributed by atoms with Crippen molar-refractivity contribution in [3.63, 3.8) is 0 Å². The van der Waals surface area contributed by atoms with Gasteiger partial charge in [-0.1, -0.05) is 0 Å². The van der Waals surface area contributed by atoms with Crippen LogP contribution >= 0.6 is 11.6 Å². The lowest BCUT2D eigenvalue weighted by molar-refractivity contribution is -0.117.